The van der Waals surface area contributed by atoms with Gasteiger partial charge >= 0.3 is 6.09 Å². The normalized spacial score (nSPS) is 19.6. The van der Waals surface area contributed by atoms with Crippen LogP contribution < -0.4 is 11.1 Å². The predicted octanol–water partition coefficient (Wildman–Crippen LogP) is 6.05. The number of anilines is 1. The summed E-state index contributed by atoms with van der Waals surface area (Å²) in [7, 11) is 0. The highest BCUT2D eigenvalue weighted by Gasteiger charge is 2.33. The lowest BCUT2D eigenvalue weighted by molar-refractivity contribution is -0.122. The third kappa shape index (κ3) is 8.80. The third-order valence-corrected chi connectivity index (χ3v) is 8.36. The van der Waals surface area contributed by atoms with Crippen molar-refractivity contribution in [3.63, 3.8) is 0 Å². The second kappa shape index (κ2) is 14.5. The molecule has 0 aromatic heterocycles. The summed E-state index contributed by atoms with van der Waals surface area (Å²) in [6, 6.07) is 17.9. The first-order chi connectivity index (χ1) is 18.9. The molecular weight excluding hydrogens is 488 g/mol. The van der Waals surface area contributed by atoms with Gasteiger partial charge in [0, 0.05) is 18.7 Å². The quantitative estimate of drug-likeness (QED) is 0.306. The number of hydrogen-bond donors (Lipinski definition) is 2. The van der Waals surface area contributed by atoms with E-state index < -0.39 is 5.60 Å². The van der Waals surface area contributed by atoms with Crippen LogP contribution in [0.4, 0.5) is 10.5 Å². The minimum atomic E-state index is -0.439. The Kier molecular flexibility index (Phi) is 10.8. The maximum atomic E-state index is 12.8. The second-order valence-corrected chi connectivity index (χ2v) is 11.4. The van der Waals surface area contributed by atoms with Gasteiger partial charge in [-0.05, 0) is 76.7 Å². The molecule has 2 aliphatic heterocycles. The summed E-state index contributed by atoms with van der Waals surface area (Å²) in [5.74, 6) is -0.162. The van der Waals surface area contributed by atoms with E-state index in [0.717, 1.165) is 81.6 Å². The molecule has 0 bridgehead atoms. The van der Waals surface area contributed by atoms with Gasteiger partial charge in [-0.2, -0.15) is 0 Å². The van der Waals surface area contributed by atoms with Crippen LogP contribution in [0.25, 0.3) is 11.1 Å². The number of amides is 2. The lowest BCUT2D eigenvalue weighted by Crippen LogP contribution is -2.46. The number of hydrogen-bond acceptors (Lipinski definition) is 5. The Bertz CT molecular complexity index is 1050. The summed E-state index contributed by atoms with van der Waals surface area (Å²) in [6.45, 7) is 7.10. The molecule has 7 heteroatoms. The second-order valence-electron chi connectivity index (χ2n) is 11.4. The summed E-state index contributed by atoms with van der Waals surface area (Å²) in [5.41, 5.74) is 7.89. The largest absolute Gasteiger partial charge is 0.443 e. The summed E-state index contributed by atoms with van der Waals surface area (Å²) in [4.78, 5) is 29.1. The number of ether oxygens (including phenoxy) is 1. The fourth-order valence-electron chi connectivity index (χ4n) is 5.95. The Morgan fingerprint density at radius 1 is 0.897 bits per heavy atom. The zero-order chi connectivity index (χ0) is 27.5. The van der Waals surface area contributed by atoms with Gasteiger partial charge in [-0.25, -0.2) is 4.79 Å². The van der Waals surface area contributed by atoms with Gasteiger partial charge < -0.3 is 15.4 Å². The summed E-state index contributed by atoms with van der Waals surface area (Å²) in [5, 5.41) is 2.98. The molecule has 212 valence electrons. The summed E-state index contributed by atoms with van der Waals surface area (Å²) in [6.07, 6.45) is 10.7. The molecule has 0 saturated carbocycles. The monoisotopic (exact) mass is 534 g/mol. The predicted molar refractivity (Wildman–Crippen MR) is 158 cm³/mol. The Morgan fingerprint density at radius 2 is 1.54 bits per heavy atom. The van der Waals surface area contributed by atoms with Crippen molar-refractivity contribution in [3.8, 4) is 11.1 Å². The highest BCUT2D eigenvalue weighted by atomic mass is 16.6. The molecule has 2 heterocycles. The number of nitrogens with two attached hydrogens (primary N) is 1. The SMILES string of the molecule is CC1(OC(=O)Nc2ccccc2-c2ccccc2)CCN(CCCCCCCCN2CCC[C@H]2C(N)=O)CC1. The smallest absolute Gasteiger partial charge is 0.412 e. The van der Waals surface area contributed by atoms with Crippen molar-refractivity contribution >= 4 is 17.7 Å². The van der Waals surface area contributed by atoms with Gasteiger partial charge in [-0.15, -0.1) is 0 Å². The summed E-state index contributed by atoms with van der Waals surface area (Å²) >= 11 is 0. The number of nitrogens with one attached hydrogen (secondary N) is 1. The van der Waals surface area contributed by atoms with Crippen LogP contribution in [0.2, 0.25) is 0 Å². The van der Waals surface area contributed by atoms with E-state index in [4.69, 9.17) is 10.5 Å². The van der Waals surface area contributed by atoms with E-state index in [-0.39, 0.29) is 18.0 Å². The Morgan fingerprint density at radius 3 is 2.26 bits per heavy atom. The van der Waals surface area contributed by atoms with Gasteiger partial charge in [0.05, 0.1) is 11.7 Å². The fraction of sp³-hybridized carbons (Fsp3) is 0.562. The average Bonchev–Trinajstić information content (AvgIpc) is 3.41. The molecular formula is C32H46N4O3. The minimum absolute atomic E-state index is 0.0347. The number of piperidine rings is 1. The molecule has 2 fully saturated rings. The van der Waals surface area contributed by atoms with Crippen LogP contribution in [-0.4, -0.2) is 66.2 Å². The van der Waals surface area contributed by atoms with Crippen molar-refractivity contribution < 1.29 is 14.3 Å². The first-order valence-corrected chi connectivity index (χ1v) is 14.8. The number of rotatable bonds is 13. The number of carbonyl (C=O) groups excluding carboxylic acids is 2. The highest BCUT2D eigenvalue weighted by Crippen LogP contribution is 2.30. The van der Waals surface area contributed by atoms with Crippen molar-refractivity contribution in [2.75, 3.05) is 38.0 Å². The van der Waals surface area contributed by atoms with Gasteiger partial charge in [0.15, 0.2) is 0 Å². The van der Waals surface area contributed by atoms with E-state index >= 15 is 0 Å². The van der Waals surface area contributed by atoms with E-state index in [1.807, 2.05) is 54.6 Å². The molecule has 2 aliphatic rings. The molecule has 0 unspecified atom stereocenters. The van der Waals surface area contributed by atoms with E-state index in [1.54, 1.807) is 0 Å². The molecule has 0 spiro atoms. The van der Waals surface area contributed by atoms with Gasteiger partial charge in [-0.1, -0.05) is 74.2 Å². The van der Waals surface area contributed by atoms with Crippen LogP contribution in [0, 0.1) is 0 Å². The molecule has 4 rings (SSSR count). The Balaban J connectivity index is 1.08. The van der Waals surface area contributed by atoms with Gasteiger partial charge in [0.2, 0.25) is 5.91 Å². The number of carbonyl (C=O) groups is 2. The number of benzene rings is 2. The first kappa shape index (κ1) is 29.1. The maximum absolute atomic E-state index is 12.8. The Labute approximate surface area is 234 Å². The molecule has 2 saturated heterocycles. The van der Waals surface area contributed by atoms with Crippen LogP contribution in [-0.2, 0) is 9.53 Å². The first-order valence-electron chi connectivity index (χ1n) is 14.8. The Hall–Kier alpha value is -2.90. The molecule has 7 nitrogen and oxygen atoms in total. The van der Waals surface area contributed by atoms with Gasteiger partial charge in [0.1, 0.15) is 5.60 Å². The van der Waals surface area contributed by atoms with E-state index in [0.29, 0.717) is 0 Å². The topological polar surface area (TPSA) is 87.9 Å². The minimum Gasteiger partial charge on any atom is -0.443 e. The lowest BCUT2D eigenvalue weighted by Gasteiger charge is -2.38. The van der Waals surface area contributed by atoms with Crippen LogP contribution >= 0.6 is 0 Å². The van der Waals surface area contributed by atoms with Gasteiger partial charge in [-0.3, -0.25) is 15.0 Å². The third-order valence-electron chi connectivity index (χ3n) is 8.36. The highest BCUT2D eigenvalue weighted by molar-refractivity contribution is 5.91. The van der Waals surface area contributed by atoms with E-state index in [2.05, 4.69) is 22.0 Å². The zero-order valence-electron chi connectivity index (χ0n) is 23.6. The number of likely N-dealkylation sites (tertiary alicyclic amines) is 2. The van der Waals surface area contributed by atoms with Crippen molar-refractivity contribution in [1.82, 2.24) is 9.80 Å². The molecule has 2 aromatic carbocycles. The average molecular weight is 535 g/mol. The van der Waals surface area contributed by atoms with Gasteiger partial charge in [0.25, 0.3) is 0 Å². The van der Waals surface area contributed by atoms with Crippen LogP contribution in [0.1, 0.15) is 71.1 Å². The van der Waals surface area contributed by atoms with E-state index in [9.17, 15) is 9.59 Å². The molecule has 0 radical (unpaired) electrons. The summed E-state index contributed by atoms with van der Waals surface area (Å²) < 4.78 is 5.95. The molecule has 39 heavy (non-hydrogen) atoms. The number of unbranched alkanes of at least 4 members (excludes halogenated alkanes) is 5. The number of primary amides is 1. The van der Waals surface area contributed by atoms with Crippen molar-refractivity contribution in [3.05, 3.63) is 54.6 Å². The van der Waals surface area contributed by atoms with Crippen molar-refractivity contribution in [2.24, 2.45) is 5.73 Å². The fourth-order valence-corrected chi connectivity index (χ4v) is 5.95. The number of nitrogens with zero attached hydrogens (tertiary/aromatic N) is 2. The van der Waals surface area contributed by atoms with Crippen molar-refractivity contribution in [1.29, 1.82) is 0 Å². The van der Waals surface area contributed by atoms with Crippen molar-refractivity contribution in [2.45, 2.75) is 82.8 Å². The molecule has 1 atom stereocenters. The van der Waals surface area contributed by atoms with Crippen LogP contribution in [0.3, 0.4) is 0 Å². The van der Waals surface area contributed by atoms with Crippen LogP contribution in [0.15, 0.2) is 54.6 Å². The van der Waals surface area contributed by atoms with Crippen LogP contribution in [0.5, 0.6) is 0 Å². The molecule has 2 aromatic rings. The molecule has 2 amide bonds. The molecule has 3 N–H and O–H groups in total. The number of para-hydroxylation sites is 1. The standard InChI is InChI=1S/C32H46N4O3/c1-32(39-31(38)34-28-17-10-9-16-27(28)26-14-7-6-8-15-26)19-24-35(25-20-32)21-11-4-2-3-5-12-22-36-23-13-18-29(36)30(33)37/h6-10,14-17,29H,2-5,11-13,18-25H2,1H3,(H2,33,37)(H,34,38)/t29-/m0/s1. The maximum Gasteiger partial charge on any atom is 0.412 e. The van der Waals surface area contributed by atoms with E-state index in [1.165, 1.54) is 32.1 Å². The lowest BCUT2D eigenvalue weighted by atomic mass is 9.93. The molecule has 0 aliphatic carbocycles. The zero-order valence-corrected chi connectivity index (χ0v) is 23.6.